The molecule has 0 saturated carbocycles. The van der Waals surface area contributed by atoms with Gasteiger partial charge >= 0.3 is 0 Å². The Balaban J connectivity index is 2.31. The van der Waals surface area contributed by atoms with Crippen LogP contribution in [-0.2, 0) is 19.1 Å². The Bertz CT molecular complexity index is 338. The number of hydrogen-bond donors (Lipinski definition) is 3. The lowest BCUT2D eigenvalue weighted by Gasteiger charge is -2.27. The van der Waals surface area contributed by atoms with Crippen LogP contribution in [-0.4, -0.2) is 75.6 Å². The fourth-order valence-corrected chi connectivity index (χ4v) is 1.65. The van der Waals surface area contributed by atoms with Crippen LogP contribution in [0.1, 0.15) is 0 Å². The highest BCUT2D eigenvalue weighted by Gasteiger charge is 2.26. The van der Waals surface area contributed by atoms with Gasteiger partial charge in [0.05, 0.1) is 19.7 Å². The molecule has 0 spiro atoms. The highest BCUT2D eigenvalue weighted by molar-refractivity contribution is 5.89. The van der Waals surface area contributed by atoms with E-state index in [2.05, 4.69) is 16.0 Å². The van der Waals surface area contributed by atoms with Crippen LogP contribution < -0.4 is 16.0 Å². The SMILES string of the molecule is COCCNC(=O)CN(C)C(=O)C1CNC(=O)CN1. The van der Waals surface area contributed by atoms with Gasteiger partial charge in [0.15, 0.2) is 0 Å². The molecular weight excluding hydrogens is 252 g/mol. The highest BCUT2D eigenvalue weighted by Crippen LogP contribution is 1.95. The van der Waals surface area contributed by atoms with E-state index in [1.54, 1.807) is 14.2 Å². The van der Waals surface area contributed by atoms with Crippen LogP contribution in [0, 0.1) is 0 Å². The molecule has 1 unspecified atom stereocenters. The molecule has 8 nitrogen and oxygen atoms in total. The number of rotatable bonds is 6. The average molecular weight is 272 g/mol. The maximum absolute atomic E-state index is 12.0. The predicted octanol–water partition coefficient (Wildman–Crippen LogP) is -2.70. The number of nitrogens with one attached hydrogen (secondary N) is 3. The van der Waals surface area contributed by atoms with Crippen LogP contribution in [0.3, 0.4) is 0 Å². The topological polar surface area (TPSA) is 99.8 Å². The molecule has 0 aromatic rings. The molecule has 1 saturated heterocycles. The van der Waals surface area contributed by atoms with Crippen molar-refractivity contribution in [2.24, 2.45) is 0 Å². The van der Waals surface area contributed by atoms with Crippen molar-refractivity contribution in [3.63, 3.8) is 0 Å². The third kappa shape index (κ3) is 5.23. The average Bonchev–Trinajstić information content (AvgIpc) is 2.39. The van der Waals surface area contributed by atoms with E-state index in [0.717, 1.165) is 0 Å². The second-order valence-corrected chi connectivity index (χ2v) is 4.27. The van der Waals surface area contributed by atoms with Crippen LogP contribution in [0.15, 0.2) is 0 Å². The minimum Gasteiger partial charge on any atom is -0.383 e. The first-order chi connectivity index (χ1) is 9.04. The molecule has 1 heterocycles. The fraction of sp³-hybridized carbons (Fsp3) is 0.727. The molecule has 0 aliphatic carbocycles. The number of carbonyl (C=O) groups is 3. The molecule has 1 aliphatic heterocycles. The summed E-state index contributed by atoms with van der Waals surface area (Å²) >= 11 is 0. The molecule has 1 rings (SSSR count). The van der Waals surface area contributed by atoms with Gasteiger partial charge in [-0.25, -0.2) is 0 Å². The summed E-state index contributed by atoms with van der Waals surface area (Å²) in [7, 11) is 3.10. The lowest BCUT2D eigenvalue weighted by molar-refractivity contribution is -0.137. The summed E-state index contributed by atoms with van der Waals surface area (Å²) in [4.78, 5) is 35.8. The van der Waals surface area contributed by atoms with Crippen molar-refractivity contribution in [2.45, 2.75) is 6.04 Å². The van der Waals surface area contributed by atoms with Gasteiger partial charge in [0.25, 0.3) is 0 Å². The molecule has 108 valence electrons. The van der Waals surface area contributed by atoms with Gasteiger partial charge in [-0.15, -0.1) is 0 Å². The van der Waals surface area contributed by atoms with E-state index >= 15 is 0 Å². The molecular formula is C11H20N4O4. The first-order valence-corrected chi connectivity index (χ1v) is 6.05. The number of piperazine rings is 1. The van der Waals surface area contributed by atoms with E-state index in [0.29, 0.717) is 13.2 Å². The van der Waals surface area contributed by atoms with Gasteiger partial charge < -0.3 is 20.3 Å². The van der Waals surface area contributed by atoms with Crippen LogP contribution in [0.2, 0.25) is 0 Å². The van der Waals surface area contributed by atoms with Crippen LogP contribution in [0.5, 0.6) is 0 Å². The zero-order chi connectivity index (χ0) is 14.3. The molecule has 1 atom stereocenters. The summed E-state index contributed by atoms with van der Waals surface area (Å²) in [6, 6.07) is -0.477. The number of amides is 3. The van der Waals surface area contributed by atoms with Crippen molar-refractivity contribution in [2.75, 3.05) is 46.9 Å². The lowest BCUT2D eigenvalue weighted by Crippen LogP contribution is -2.58. The highest BCUT2D eigenvalue weighted by atomic mass is 16.5. The van der Waals surface area contributed by atoms with Crippen molar-refractivity contribution in [1.82, 2.24) is 20.9 Å². The summed E-state index contributed by atoms with van der Waals surface area (Å²) in [5, 5.41) is 8.05. The quantitative estimate of drug-likeness (QED) is 0.457. The second kappa shape index (κ2) is 7.70. The second-order valence-electron chi connectivity index (χ2n) is 4.27. The first-order valence-electron chi connectivity index (χ1n) is 6.05. The number of ether oxygens (including phenoxy) is 1. The van der Waals surface area contributed by atoms with Gasteiger partial charge in [-0.2, -0.15) is 0 Å². The molecule has 3 amide bonds. The molecule has 19 heavy (non-hydrogen) atoms. The van der Waals surface area contributed by atoms with Crippen molar-refractivity contribution in [1.29, 1.82) is 0 Å². The first kappa shape index (κ1) is 15.4. The summed E-state index contributed by atoms with van der Waals surface area (Å²) in [6.07, 6.45) is 0. The van der Waals surface area contributed by atoms with Crippen molar-refractivity contribution in [3.05, 3.63) is 0 Å². The van der Waals surface area contributed by atoms with E-state index in [-0.39, 0.29) is 37.4 Å². The molecule has 0 aromatic carbocycles. The van der Waals surface area contributed by atoms with E-state index < -0.39 is 6.04 Å². The van der Waals surface area contributed by atoms with Crippen molar-refractivity contribution in [3.8, 4) is 0 Å². The van der Waals surface area contributed by atoms with Crippen LogP contribution in [0.4, 0.5) is 0 Å². The van der Waals surface area contributed by atoms with Gasteiger partial charge in [0.1, 0.15) is 6.04 Å². The maximum atomic E-state index is 12.0. The maximum Gasteiger partial charge on any atom is 0.241 e. The van der Waals surface area contributed by atoms with Crippen molar-refractivity contribution < 1.29 is 19.1 Å². The van der Waals surface area contributed by atoms with E-state index in [1.165, 1.54) is 4.90 Å². The monoisotopic (exact) mass is 272 g/mol. The van der Waals surface area contributed by atoms with E-state index in [4.69, 9.17) is 4.74 Å². The van der Waals surface area contributed by atoms with E-state index in [1.807, 2.05) is 0 Å². The van der Waals surface area contributed by atoms with Crippen LogP contribution >= 0.6 is 0 Å². The Morgan fingerprint density at radius 3 is 2.84 bits per heavy atom. The number of methoxy groups -OCH3 is 1. The largest absolute Gasteiger partial charge is 0.383 e. The Morgan fingerprint density at radius 2 is 2.26 bits per heavy atom. The molecule has 0 bridgehead atoms. The third-order valence-electron chi connectivity index (χ3n) is 2.70. The molecule has 0 radical (unpaired) electrons. The van der Waals surface area contributed by atoms with E-state index in [9.17, 15) is 14.4 Å². The minimum atomic E-state index is -0.477. The molecule has 8 heteroatoms. The zero-order valence-electron chi connectivity index (χ0n) is 11.2. The standard InChI is InChI=1S/C11H20N4O4/c1-15(7-10(17)12-3-4-19-2)11(18)8-5-14-9(16)6-13-8/h8,13H,3-7H2,1-2H3,(H,12,17)(H,14,16). The Morgan fingerprint density at radius 1 is 1.53 bits per heavy atom. The zero-order valence-corrected chi connectivity index (χ0v) is 11.2. The number of likely N-dealkylation sites (N-methyl/N-ethyl adjacent to an activating group) is 1. The lowest BCUT2D eigenvalue weighted by atomic mass is 10.2. The predicted molar refractivity (Wildman–Crippen MR) is 67.3 cm³/mol. The van der Waals surface area contributed by atoms with Gasteiger partial charge in [0.2, 0.25) is 17.7 Å². The van der Waals surface area contributed by atoms with Gasteiger partial charge in [-0.3, -0.25) is 19.7 Å². The number of hydrogen-bond acceptors (Lipinski definition) is 5. The van der Waals surface area contributed by atoms with Gasteiger partial charge in [-0.1, -0.05) is 0 Å². The molecule has 1 fully saturated rings. The summed E-state index contributed by atoms with van der Waals surface area (Å²) in [6.45, 7) is 1.18. The Labute approximate surface area is 111 Å². The normalized spacial score (nSPS) is 18.6. The number of nitrogens with zero attached hydrogens (tertiary/aromatic N) is 1. The van der Waals surface area contributed by atoms with Gasteiger partial charge in [0, 0.05) is 27.2 Å². The summed E-state index contributed by atoms with van der Waals surface area (Å²) < 4.78 is 4.80. The smallest absolute Gasteiger partial charge is 0.241 e. The number of carbonyl (C=O) groups excluding carboxylic acids is 3. The Kier molecular flexibility index (Phi) is 6.23. The molecule has 0 aromatic heterocycles. The fourth-order valence-electron chi connectivity index (χ4n) is 1.65. The third-order valence-corrected chi connectivity index (χ3v) is 2.70. The summed E-state index contributed by atoms with van der Waals surface area (Å²) in [5.74, 6) is -0.598. The Hall–Kier alpha value is -1.67. The summed E-state index contributed by atoms with van der Waals surface area (Å²) in [5.41, 5.74) is 0. The molecule has 3 N–H and O–H groups in total. The molecule has 1 aliphatic rings. The van der Waals surface area contributed by atoms with Crippen molar-refractivity contribution >= 4 is 17.7 Å². The minimum absolute atomic E-state index is 0.0192. The van der Waals surface area contributed by atoms with Gasteiger partial charge in [-0.05, 0) is 0 Å². The van der Waals surface area contributed by atoms with Crippen LogP contribution in [0.25, 0.3) is 0 Å².